The van der Waals surface area contributed by atoms with E-state index in [4.69, 9.17) is 4.98 Å². The van der Waals surface area contributed by atoms with Crippen molar-refractivity contribution < 1.29 is 21.1 Å². The summed E-state index contributed by atoms with van der Waals surface area (Å²) in [5.74, 6) is 0.801. The van der Waals surface area contributed by atoms with Crippen LogP contribution in [0.15, 0.2) is 116 Å². The molecule has 0 aliphatic rings. The third-order valence-corrected chi connectivity index (χ3v) is 7.25. The SMILES string of the molecule is CC(C)c1cccc(C(C)C)c1-n1cnc(-c2[c-]c(N(c3[c-]c(-n4cccn4)ccc3)c3ccccc3)ccc2)c1.[Pt+2]. The smallest absolute Gasteiger partial charge is 0.352 e. The largest absolute Gasteiger partial charge is 2.00 e. The second kappa shape index (κ2) is 12.8. The number of hydrogen-bond donors (Lipinski definition) is 0. The van der Waals surface area contributed by atoms with E-state index in [0.29, 0.717) is 11.8 Å². The molecular formula is C36H33N5Pt. The molecule has 0 saturated carbocycles. The van der Waals surface area contributed by atoms with Crippen LogP contribution in [0, 0.1) is 12.1 Å². The normalized spacial score (nSPS) is 11.1. The second-order valence-electron chi connectivity index (χ2n) is 10.8. The van der Waals surface area contributed by atoms with E-state index < -0.39 is 0 Å². The van der Waals surface area contributed by atoms with Crippen molar-refractivity contribution in [1.29, 1.82) is 0 Å². The van der Waals surface area contributed by atoms with Crippen molar-refractivity contribution in [1.82, 2.24) is 19.3 Å². The summed E-state index contributed by atoms with van der Waals surface area (Å²) in [5, 5.41) is 4.40. The first-order chi connectivity index (χ1) is 20.0. The minimum atomic E-state index is 0. The van der Waals surface area contributed by atoms with E-state index >= 15 is 0 Å². The Bertz CT molecular complexity index is 1730. The summed E-state index contributed by atoms with van der Waals surface area (Å²) in [6.45, 7) is 8.98. The first-order valence-electron chi connectivity index (χ1n) is 14.1. The Kier molecular flexibility index (Phi) is 8.89. The molecule has 0 aliphatic heterocycles. The summed E-state index contributed by atoms with van der Waals surface area (Å²) in [7, 11) is 0. The third kappa shape index (κ3) is 5.89. The molecule has 0 aliphatic carbocycles. The average molecular weight is 731 g/mol. The quantitative estimate of drug-likeness (QED) is 0.147. The van der Waals surface area contributed by atoms with Gasteiger partial charge in [0.15, 0.2) is 0 Å². The molecule has 0 saturated heterocycles. The van der Waals surface area contributed by atoms with Crippen LogP contribution in [-0.2, 0) is 21.1 Å². The Hall–Kier alpha value is -4.21. The van der Waals surface area contributed by atoms with Crippen molar-refractivity contribution in [3.05, 3.63) is 139 Å². The number of nitrogens with zero attached hydrogens (tertiary/aromatic N) is 5. The maximum Gasteiger partial charge on any atom is 2.00 e. The Labute approximate surface area is 262 Å². The molecule has 0 radical (unpaired) electrons. The van der Waals surface area contributed by atoms with Gasteiger partial charge in [-0.15, -0.1) is 48.0 Å². The molecule has 6 heteroatoms. The van der Waals surface area contributed by atoms with Crippen LogP contribution in [-0.4, -0.2) is 19.3 Å². The van der Waals surface area contributed by atoms with Crippen molar-refractivity contribution in [2.45, 2.75) is 39.5 Å². The molecule has 0 N–H and O–H groups in total. The van der Waals surface area contributed by atoms with Crippen molar-refractivity contribution in [3.8, 4) is 22.6 Å². The maximum absolute atomic E-state index is 4.85. The molecule has 0 bridgehead atoms. The minimum absolute atomic E-state index is 0. The van der Waals surface area contributed by atoms with E-state index in [2.05, 4.69) is 115 Å². The molecule has 0 fully saturated rings. The first-order valence-corrected chi connectivity index (χ1v) is 14.1. The number of benzene rings is 4. The van der Waals surface area contributed by atoms with E-state index in [1.807, 2.05) is 53.6 Å². The van der Waals surface area contributed by atoms with Gasteiger partial charge in [0.1, 0.15) is 0 Å². The van der Waals surface area contributed by atoms with Gasteiger partial charge in [0.25, 0.3) is 0 Å². The Morgan fingerprint density at radius 3 is 2.05 bits per heavy atom. The Morgan fingerprint density at radius 2 is 1.38 bits per heavy atom. The fourth-order valence-electron chi connectivity index (χ4n) is 5.24. The summed E-state index contributed by atoms with van der Waals surface area (Å²) < 4.78 is 4.00. The van der Waals surface area contributed by atoms with Gasteiger partial charge < -0.3 is 9.47 Å². The number of imidazole rings is 1. The fourth-order valence-corrected chi connectivity index (χ4v) is 5.24. The van der Waals surface area contributed by atoms with Crippen LogP contribution in [0.25, 0.3) is 22.6 Å². The van der Waals surface area contributed by atoms with E-state index in [1.165, 1.54) is 16.8 Å². The van der Waals surface area contributed by atoms with Crippen molar-refractivity contribution in [2.24, 2.45) is 0 Å². The zero-order valence-corrected chi connectivity index (χ0v) is 26.4. The zero-order chi connectivity index (χ0) is 28.3. The molecule has 6 aromatic rings. The van der Waals surface area contributed by atoms with E-state index in [9.17, 15) is 0 Å². The van der Waals surface area contributed by atoms with E-state index in [0.717, 1.165) is 34.0 Å². The molecular weight excluding hydrogens is 698 g/mol. The van der Waals surface area contributed by atoms with Crippen LogP contribution >= 0.6 is 0 Å². The number of hydrogen-bond acceptors (Lipinski definition) is 3. The molecule has 4 aromatic carbocycles. The predicted octanol–water partition coefficient (Wildman–Crippen LogP) is 9.04. The Balaban J connectivity index is 0.00000353. The van der Waals surface area contributed by atoms with Crippen molar-refractivity contribution >= 4 is 17.1 Å². The van der Waals surface area contributed by atoms with Crippen LogP contribution in [0.5, 0.6) is 0 Å². The average Bonchev–Trinajstić information content (AvgIpc) is 3.71. The van der Waals surface area contributed by atoms with Crippen LogP contribution in [0.2, 0.25) is 0 Å². The minimum Gasteiger partial charge on any atom is -0.352 e. The molecule has 212 valence electrons. The monoisotopic (exact) mass is 730 g/mol. The van der Waals surface area contributed by atoms with Crippen molar-refractivity contribution in [3.63, 3.8) is 0 Å². The summed E-state index contributed by atoms with van der Waals surface area (Å²) in [6.07, 6.45) is 7.75. The molecule has 0 atom stereocenters. The second-order valence-corrected chi connectivity index (χ2v) is 10.8. The molecule has 42 heavy (non-hydrogen) atoms. The number of anilines is 3. The zero-order valence-electron chi connectivity index (χ0n) is 24.2. The van der Waals surface area contributed by atoms with Crippen molar-refractivity contribution in [2.75, 3.05) is 4.90 Å². The van der Waals surface area contributed by atoms with Gasteiger partial charge in [-0.3, -0.25) is 9.67 Å². The fraction of sp³-hybridized carbons (Fsp3) is 0.167. The van der Waals surface area contributed by atoms with Crippen LogP contribution < -0.4 is 4.90 Å². The number of aromatic nitrogens is 4. The van der Waals surface area contributed by atoms with Crippen LogP contribution in [0.1, 0.15) is 50.7 Å². The molecule has 2 aromatic heterocycles. The first kappa shape index (κ1) is 29.3. The summed E-state index contributed by atoms with van der Waals surface area (Å²) in [4.78, 5) is 7.02. The topological polar surface area (TPSA) is 38.9 Å². The van der Waals surface area contributed by atoms with Gasteiger partial charge in [0, 0.05) is 23.8 Å². The molecule has 0 unspecified atom stereocenters. The predicted molar refractivity (Wildman–Crippen MR) is 167 cm³/mol. The van der Waals surface area contributed by atoms with Crippen LogP contribution in [0.3, 0.4) is 0 Å². The van der Waals surface area contributed by atoms with Gasteiger partial charge >= 0.3 is 21.1 Å². The van der Waals surface area contributed by atoms with Crippen LogP contribution in [0.4, 0.5) is 17.1 Å². The van der Waals surface area contributed by atoms with Gasteiger partial charge in [-0.2, -0.15) is 11.2 Å². The van der Waals surface area contributed by atoms with Gasteiger partial charge in [-0.25, -0.2) is 0 Å². The van der Waals surface area contributed by atoms with E-state index in [1.54, 1.807) is 6.20 Å². The molecule has 0 spiro atoms. The maximum atomic E-state index is 4.85. The molecule has 2 heterocycles. The Morgan fingerprint density at radius 1 is 0.714 bits per heavy atom. The standard InChI is InChI=1S/C36H33N5.Pt/c1-26(2)33-18-10-19-34(27(3)4)36(33)39-24-35(37-25-39)28-12-8-16-31(22-28)41(29-13-6-5-7-14-29)32-17-9-15-30(23-32)40-21-11-20-38-40;/h5-21,24-27H,1-4H3;/q-2;+2. The summed E-state index contributed by atoms with van der Waals surface area (Å²) >= 11 is 0. The van der Waals surface area contributed by atoms with Gasteiger partial charge in [0.2, 0.25) is 0 Å². The number of para-hydroxylation sites is 2. The summed E-state index contributed by atoms with van der Waals surface area (Å²) in [5.41, 5.74) is 9.37. The number of rotatable bonds is 8. The molecule has 0 amide bonds. The van der Waals surface area contributed by atoms with E-state index in [-0.39, 0.29) is 21.1 Å². The summed E-state index contributed by atoms with van der Waals surface area (Å²) in [6, 6.07) is 38.4. The van der Waals surface area contributed by atoms with Gasteiger partial charge in [0.05, 0.1) is 12.0 Å². The third-order valence-electron chi connectivity index (χ3n) is 7.25. The van der Waals surface area contributed by atoms with Gasteiger partial charge in [-0.1, -0.05) is 69.8 Å². The van der Waals surface area contributed by atoms with Gasteiger partial charge in [-0.05, 0) is 58.7 Å². The molecule has 5 nitrogen and oxygen atoms in total. The molecule has 6 rings (SSSR count).